The van der Waals surface area contributed by atoms with Crippen LogP contribution in [0.25, 0.3) is 16.0 Å². The van der Waals surface area contributed by atoms with Crippen molar-refractivity contribution in [2.24, 2.45) is 0 Å². The van der Waals surface area contributed by atoms with E-state index in [0.29, 0.717) is 10.7 Å². The van der Waals surface area contributed by atoms with Gasteiger partial charge < -0.3 is 9.84 Å². The summed E-state index contributed by atoms with van der Waals surface area (Å²) in [6.45, 7) is 10.1. The molecule has 3 heterocycles. The first-order valence-corrected chi connectivity index (χ1v) is 13.6. The molecule has 190 valence electrons. The normalized spacial score (nSPS) is 17.7. The van der Waals surface area contributed by atoms with Gasteiger partial charge in [-0.2, -0.15) is 0 Å². The van der Waals surface area contributed by atoms with E-state index in [4.69, 9.17) is 9.72 Å². The minimum atomic E-state index is -0.777. The number of carbonyl (C=O) groups excluding carboxylic acids is 2. The van der Waals surface area contributed by atoms with E-state index in [1.807, 2.05) is 61.7 Å². The van der Waals surface area contributed by atoms with Crippen molar-refractivity contribution in [3.8, 4) is 5.75 Å². The minimum Gasteiger partial charge on any atom is -0.507 e. The number of hydrogen-bond donors (Lipinski definition) is 1. The van der Waals surface area contributed by atoms with Crippen LogP contribution in [0.15, 0.2) is 53.4 Å². The van der Waals surface area contributed by atoms with E-state index >= 15 is 0 Å². The second kappa shape index (κ2) is 9.11. The number of aliphatic hydroxyl groups is 1. The maximum absolute atomic E-state index is 13.5. The summed E-state index contributed by atoms with van der Waals surface area (Å²) in [6.07, 6.45) is 0. The number of carbonyl (C=O) groups is 2. The van der Waals surface area contributed by atoms with Gasteiger partial charge in [-0.1, -0.05) is 50.3 Å². The van der Waals surface area contributed by atoms with Gasteiger partial charge in [0.05, 0.1) is 22.9 Å². The molecule has 1 unspecified atom stereocenters. The summed E-state index contributed by atoms with van der Waals surface area (Å²) in [5.41, 5.74) is 3.98. The number of ketones is 1. The van der Waals surface area contributed by atoms with Crippen molar-refractivity contribution in [2.75, 3.05) is 12.0 Å². The summed E-state index contributed by atoms with van der Waals surface area (Å²) < 4.78 is 6.30. The molecule has 4 aromatic rings. The molecule has 0 spiro atoms. The van der Waals surface area contributed by atoms with Crippen LogP contribution in [0.4, 0.5) is 5.13 Å². The van der Waals surface area contributed by atoms with Gasteiger partial charge in [0.1, 0.15) is 17.6 Å². The minimum absolute atomic E-state index is 0.0784. The molecule has 0 aliphatic carbocycles. The average molecular weight is 533 g/mol. The van der Waals surface area contributed by atoms with E-state index in [-0.39, 0.29) is 16.7 Å². The molecule has 2 aromatic heterocycles. The van der Waals surface area contributed by atoms with Crippen LogP contribution in [0, 0.1) is 13.8 Å². The van der Waals surface area contributed by atoms with E-state index in [1.54, 1.807) is 7.11 Å². The zero-order valence-corrected chi connectivity index (χ0v) is 23.2. The second-order valence-corrected chi connectivity index (χ2v) is 12.2. The lowest BCUT2D eigenvalue weighted by molar-refractivity contribution is -0.132. The molecule has 8 heteroatoms. The van der Waals surface area contributed by atoms with Crippen LogP contribution in [0.1, 0.15) is 53.9 Å². The Morgan fingerprint density at radius 2 is 1.84 bits per heavy atom. The second-order valence-electron chi connectivity index (χ2n) is 10.3. The van der Waals surface area contributed by atoms with E-state index in [1.165, 1.54) is 27.6 Å². The number of fused-ring (bicyclic) bond motifs is 1. The molecule has 0 saturated carbocycles. The van der Waals surface area contributed by atoms with E-state index < -0.39 is 17.7 Å². The summed E-state index contributed by atoms with van der Waals surface area (Å²) in [6, 6.07) is 12.7. The number of benzene rings is 2. The molecule has 0 bridgehead atoms. The highest BCUT2D eigenvalue weighted by Gasteiger charge is 2.48. The van der Waals surface area contributed by atoms with Crippen LogP contribution in [-0.2, 0) is 15.0 Å². The Morgan fingerprint density at radius 3 is 2.49 bits per heavy atom. The lowest BCUT2D eigenvalue weighted by Gasteiger charge is -2.23. The molecule has 1 aliphatic rings. The van der Waals surface area contributed by atoms with E-state index in [0.717, 1.165) is 37.5 Å². The largest absolute Gasteiger partial charge is 0.507 e. The lowest BCUT2D eigenvalue weighted by atomic mass is 9.84. The molecule has 6 nitrogen and oxygen atoms in total. The van der Waals surface area contributed by atoms with Gasteiger partial charge in [0.25, 0.3) is 5.78 Å². The highest BCUT2D eigenvalue weighted by molar-refractivity contribution is 7.22. The first-order chi connectivity index (χ1) is 17.5. The summed E-state index contributed by atoms with van der Waals surface area (Å²) >= 11 is 2.75. The highest BCUT2D eigenvalue weighted by atomic mass is 32.1. The molecule has 1 atom stereocenters. The number of thiophene rings is 1. The van der Waals surface area contributed by atoms with Crippen LogP contribution < -0.4 is 9.64 Å². The van der Waals surface area contributed by atoms with Gasteiger partial charge in [0.15, 0.2) is 5.13 Å². The molecule has 0 radical (unpaired) electrons. The van der Waals surface area contributed by atoms with Crippen LogP contribution in [0.2, 0.25) is 0 Å². The Hall–Kier alpha value is -3.49. The summed E-state index contributed by atoms with van der Waals surface area (Å²) in [4.78, 5) is 34.0. The van der Waals surface area contributed by atoms with Gasteiger partial charge in [0.2, 0.25) is 0 Å². The monoisotopic (exact) mass is 532 g/mol. The smallest absolute Gasteiger partial charge is 0.301 e. The van der Waals surface area contributed by atoms with Crippen molar-refractivity contribution >= 4 is 55.5 Å². The lowest BCUT2D eigenvalue weighted by Crippen LogP contribution is -2.28. The first kappa shape index (κ1) is 25.2. The van der Waals surface area contributed by atoms with Gasteiger partial charge in [-0.05, 0) is 65.6 Å². The number of aryl methyl sites for hydroxylation is 2. The molecule has 2 aromatic carbocycles. The fourth-order valence-corrected chi connectivity index (χ4v) is 6.43. The Kier molecular flexibility index (Phi) is 6.20. The van der Waals surface area contributed by atoms with E-state index in [2.05, 4.69) is 20.8 Å². The van der Waals surface area contributed by atoms with Crippen LogP contribution >= 0.6 is 22.7 Å². The quantitative estimate of drug-likeness (QED) is 0.176. The molecule has 37 heavy (non-hydrogen) atoms. The third kappa shape index (κ3) is 4.24. The van der Waals surface area contributed by atoms with Gasteiger partial charge in [-0.25, -0.2) is 4.98 Å². The number of ether oxygens (including phenoxy) is 1. The SMILES string of the molecule is COc1cc2sc(N3C(=O)C(=O)/C(=C(/O)c4cc(C(C)(C)C)ccc4C)C3c3cccs3)nc2cc1C. The van der Waals surface area contributed by atoms with Crippen molar-refractivity contribution in [2.45, 2.75) is 46.1 Å². The fraction of sp³-hybridized carbons (Fsp3) is 0.276. The Bertz CT molecular complexity index is 1580. The van der Waals surface area contributed by atoms with E-state index in [9.17, 15) is 14.7 Å². The molecule has 1 amide bonds. The number of Topliss-reactive ketones (excluding diaryl/α,β-unsaturated/α-hetero) is 1. The maximum Gasteiger partial charge on any atom is 0.301 e. The predicted molar refractivity (Wildman–Crippen MR) is 150 cm³/mol. The number of nitrogens with zero attached hydrogens (tertiary/aromatic N) is 2. The molecule has 5 rings (SSSR count). The van der Waals surface area contributed by atoms with Crippen molar-refractivity contribution < 1.29 is 19.4 Å². The van der Waals surface area contributed by atoms with Gasteiger partial charge in [0, 0.05) is 10.4 Å². The van der Waals surface area contributed by atoms with Crippen LogP contribution in [0.3, 0.4) is 0 Å². The summed E-state index contributed by atoms with van der Waals surface area (Å²) in [5.74, 6) is -0.855. The third-order valence-corrected chi connectivity index (χ3v) is 8.66. The molecule has 1 saturated heterocycles. The van der Waals surface area contributed by atoms with Gasteiger partial charge in [-0.3, -0.25) is 14.5 Å². The Balaban J connectivity index is 1.72. The summed E-state index contributed by atoms with van der Waals surface area (Å²) in [7, 11) is 1.61. The molecule has 1 N–H and O–H groups in total. The number of anilines is 1. The Morgan fingerprint density at radius 1 is 1.08 bits per heavy atom. The topological polar surface area (TPSA) is 79.7 Å². The number of hydrogen-bond acceptors (Lipinski definition) is 7. The van der Waals surface area contributed by atoms with Crippen LogP contribution in [-0.4, -0.2) is 28.9 Å². The molecule has 1 fully saturated rings. The number of thiazole rings is 1. The number of rotatable bonds is 4. The summed E-state index contributed by atoms with van der Waals surface area (Å²) in [5, 5.41) is 13.9. The Labute approximate surface area is 223 Å². The van der Waals surface area contributed by atoms with Crippen molar-refractivity contribution in [1.82, 2.24) is 4.98 Å². The number of aliphatic hydroxyl groups excluding tert-OH is 1. The molecular formula is C29H28N2O4S2. The van der Waals surface area contributed by atoms with Crippen molar-refractivity contribution in [3.05, 3.63) is 80.5 Å². The highest BCUT2D eigenvalue weighted by Crippen LogP contribution is 2.46. The standard InChI is InChI=1S/C29H28N2O4S2/c1-15-9-10-17(29(3,4)5)13-18(15)25(32)23-24(21-8-7-11-36-21)31(27(34)26(23)33)28-30-19-12-16(2)20(35-6)14-22(19)37-28/h7-14,24,32H,1-6H3/b25-23+. The van der Waals surface area contributed by atoms with Gasteiger partial charge in [-0.15, -0.1) is 11.3 Å². The van der Waals surface area contributed by atoms with Gasteiger partial charge >= 0.3 is 5.91 Å². The zero-order chi connectivity index (χ0) is 26.6. The first-order valence-electron chi connectivity index (χ1n) is 11.9. The average Bonchev–Trinajstić information content (AvgIpc) is 3.56. The fourth-order valence-electron chi connectivity index (χ4n) is 4.61. The maximum atomic E-state index is 13.5. The number of aromatic nitrogens is 1. The zero-order valence-electron chi connectivity index (χ0n) is 21.6. The van der Waals surface area contributed by atoms with Crippen molar-refractivity contribution in [1.29, 1.82) is 0 Å². The molecule has 1 aliphatic heterocycles. The number of amides is 1. The number of methoxy groups -OCH3 is 1. The van der Waals surface area contributed by atoms with Crippen molar-refractivity contribution in [3.63, 3.8) is 0 Å². The third-order valence-electron chi connectivity index (χ3n) is 6.72. The molecular weight excluding hydrogens is 504 g/mol. The predicted octanol–water partition coefficient (Wildman–Crippen LogP) is 6.91. The van der Waals surface area contributed by atoms with Crippen LogP contribution in [0.5, 0.6) is 5.75 Å².